The van der Waals surface area contributed by atoms with Crippen LogP contribution in [0, 0.1) is 0 Å². The lowest BCUT2D eigenvalue weighted by molar-refractivity contribution is -0.147. The third-order valence-corrected chi connectivity index (χ3v) is 2.14. The average Bonchev–Trinajstić information content (AvgIpc) is 2.17. The highest BCUT2D eigenvalue weighted by atomic mass is 16.4. The van der Waals surface area contributed by atoms with Crippen LogP contribution in [0.5, 0.6) is 0 Å². The molecule has 14 heavy (non-hydrogen) atoms. The molecular weight excluding hydrogens is 182 g/mol. The van der Waals surface area contributed by atoms with Crippen LogP contribution in [0.3, 0.4) is 0 Å². The molecule has 1 rings (SSSR count). The van der Waals surface area contributed by atoms with Gasteiger partial charge in [0.15, 0.2) is 0 Å². The predicted octanol–water partition coefficient (Wildman–Crippen LogP) is 0.522. The van der Waals surface area contributed by atoms with Crippen molar-refractivity contribution in [2.75, 3.05) is 0 Å². The van der Waals surface area contributed by atoms with Crippen LogP contribution >= 0.6 is 0 Å². The normalized spacial score (nSPS) is 17.1. The Hall–Kier alpha value is -1.39. The molecule has 0 aliphatic rings. The number of carboxylic acid groups (broad SMARTS) is 1. The first-order valence-corrected chi connectivity index (χ1v) is 4.21. The van der Waals surface area contributed by atoms with Gasteiger partial charge < -0.3 is 15.9 Å². The van der Waals surface area contributed by atoms with Gasteiger partial charge in [0.25, 0.3) is 0 Å². The third-order valence-electron chi connectivity index (χ3n) is 2.14. The molecule has 0 heterocycles. The summed E-state index contributed by atoms with van der Waals surface area (Å²) in [6.45, 7) is 1.28. The maximum absolute atomic E-state index is 10.8. The maximum Gasteiger partial charge on any atom is 0.326 e. The van der Waals surface area contributed by atoms with Crippen LogP contribution in [0.2, 0.25) is 0 Å². The zero-order valence-electron chi connectivity index (χ0n) is 7.84. The molecule has 0 spiro atoms. The quantitative estimate of drug-likeness (QED) is 0.656. The number of carboxylic acids is 1. The van der Waals surface area contributed by atoms with Gasteiger partial charge in [0.1, 0.15) is 11.6 Å². The van der Waals surface area contributed by atoms with E-state index in [1.807, 2.05) is 0 Å². The van der Waals surface area contributed by atoms with Gasteiger partial charge >= 0.3 is 5.97 Å². The van der Waals surface area contributed by atoms with Gasteiger partial charge in [-0.1, -0.05) is 30.3 Å². The molecule has 0 aliphatic heterocycles. The number of carbonyl (C=O) groups is 1. The highest BCUT2D eigenvalue weighted by Gasteiger charge is 2.37. The van der Waals surface area contributed by atoms with E-state index in [-0.39, 0.29) is 0 Å². The van der Waals surface area contributed by atoms with E-state index in [1.165, 1.54) is 6.92 Å². The second-order valence-electron chi connectivity index (χ2n) is 3.40. The van der Waals surface area contributed by atoms with E-state index < -0.39 is 17.6 Å². The first-order chi connectivity index (χ1) is 6.46. The summed E-state index contributed by atoms with van der Waals surface area (Å²) >= 11 is 0. The number of aliphatic hydroxyl groups excluding tert-OH is 1. The molecule has 0 bridgehead atoms. The van der Waals surface area contributed by atoms with Gasteiger partial charge in [-0.05, 0) is 12.5 Å². The standard InChI is InChI=1S/C10H13NO3/c1-10(11,9(13)14)8(12)7-5-3-2-4-6-7/h2-6,8,12H,11H2,1H3,(H,13,14). The van der Waals surface area contributed by atoms with Crippen LogP contribution in [-0.4, -0.2) is 21.7 Å². The second kappa shape index (κ2) is 3.77. The van der Waals surface area contributed by atoms with Gasteiger partial charge in [-0.2, -0.15) is 0 Å². The minimum absolute atomic E-state index is 0.500. The van der Waals surface area contributed by atoms with Gasteiger partial charge in [-0.25, -0.2) is 0 Å². The number of benzene rings is 1. The Morgan fingerprint density at radius 1 is 1.43 bits per heavy atom. The van der Waals surface area contributed by atoms with Gasteiger partial charge in [-0.3, -0.25) is 4.79 Å². The van der Waals surface area contributed by atoms with E-state index in [9.17, 15) is 9.90 Å². The molecule has 4 nitrogen and oxygen atoms in total. The molecule has 4 heteroatoms. The Bertz CT molecular complexity index is 321. The molecule has 0 saturated carbocycles. The summed E-state index contributed by atoms with van der Waals surface area (Å²) in [7, 11) is 0. The first kappa shape index (κ1) is 10.7. The van der Waals surface area contributed by atoms with E-state index in [1.54, 1.807) is 30.3 Å². The zero-order valence-corrected chi connectivity index (χ0v) is 7.84. The molecule has 0 aromatic heterocycles. The minimum Gasteiger partial charge on any atom is -0.480 e. The number of aliphatic carboxylic acids is 1. The van der Waals surface area contributed by atoms with Crippen LogP contribution in [0.15, 0.2) is 30.3 Å². The molecule has 2 atom stereocenters. The lowest BCUT2D eigenvalue weighted by atomic mass is 9.91. The van der Waals surface area contributed by atoms with Crippen LogP contribution in [0.4, 0.5) is 0 Å². The summed E-state index contributed by atoms with van der Waals surface area (Å²) in [5, 5.41) is 18.5. The minimum atomic E-state index is -1.67. The molecule has 2 unspecified atom stereocenters. The molecule has 76 valence electrons. The van der Waals surface area contributed by atoms with Crippen LogP contribution < -0.4 is 5.73 Å². The van der Waals surface area contributed by atoms with Crippen LogP contribution in [-0.2, 0) is 4.79 Å². The fraction of sp³-hybridized carbons (Fsp3) is 0.300. The first-order valence-electron chi connectivity index (χ1n) is 4.21. The Morgan fingerprint density at radius 3 is 2.36 bits per heavy atom. The molecule has 4 N–H and O–H groups in total. The lowest BCUT2D eigenvalue weighted by Crippen LogP contribution is -2.50. The summed E-state index contributed by atoms with van der Waals surface area (Å²) in [4.78, 5) is 10.8. The van der Waals surface area contributed by atoms with Crippen molar-refractivity contribution in [3.05, 3.63) is 35.9 Å². The van der Waals surface area contributed by atoms with Crippen molar-refractivity contribution in [2.45, 2.75) is 18.6 Å². The molecule has 1 aromatic carbocycles. The van der Waals surface area contributed by atoms with Gasteiger partial charge in [0, 0.05) is 0 Å². The summed E-state index contributed by atoms with van der Waals surface area (Å²) < 4.78 is 0. The number of hydrogen-bond donors (Lipinski definition) is 3. The van der Waals surface area contributed by atoms with Crippen LogP contribution in [0.1, 0.15) is 18.6 Å². The SMILES string of the molecule is CC(N)(C(=O)O)C(O)c1ccccc1. The molecule has 0 saturated heterocycles. The Kier molecular flexibility index (Phi) is 2.88. The summed E-state index contributed by atoms with van der Waals surface area (Å²) in [5.41, 5.74) is 4.32. The number of hydrogen-bond acceptors (Lipinski definition) is 3. The smallest absolute Gasteiger partial charge is 0.326 e. The summed E-state index contributed by atoms with van der Waals surface area (Å²) in [6.07, 6.45) is -1.21. The van der Waals surface area contributed by atoms with Crippen molar-refractivity contribution in [3.8, 4) is 0 Å². The largest absolute Gasteiger partial charge is 0.480 e. The molecule has 1 aromatic rings. The van der Waals surface area contributed by atoms with E-state index in [4.69, 9.17) is 10.8 Å². The second-order valence-corrected chi connectivity index (χ2v) is 3.40. The van der Waals surface area contributed by atoms with Gasteiger partial charge in [0.05, 0.1) is 0 Å². The Labute approximate surface area is 82.0 Å². The molecule has 0 aliphatic carbocycles. The van der Waals surface area contributed by atoms with Crippen molar-refractivity contribution in [1.82, 2.24) is 0 Å². The fourth-order valence-corrected chi connectivity index (χ4v) is 1.10. The van der Waals surface area contributed by atoms with E-state index in [2.05, 4.69) is 0 Å². The Morgan fingerprint density at radius 2 is 1.93 bits per heavy atom. The number of aliphatic hydroxyl groups is 1. The highest BCUT2D eigenvalue weighted by molar-refractivity contribution is 5.79. The van der Waals surface area contributed by atoms with Crippen molar-refractivity contribution in [2.24, 2.45) is 5.73 Å². The van der Waals surface area contributed by atoms with Gasteiger partial charge in [0.2, 0.25) is 0 Å². The zero-order chi connectivity index (χ0) is 10.8. The third kappa shape index (κ3) is 1.92. The van der Waals surface area contributed by atoms with Crippen molar-refractivity contribution in [3.63, 3.8) is 0 Å². The van der Waals surface area contributed by atoms with E-state index in [0.717, 1.165) is 0 Å². The van der Waals surface area contributed by atoms with Crippen LogP contribution in [0.25, 0.3) is 0 Å². The fourth-order valence-electron chi connectivity index (χ4n) is 1.10. The average molecular weight is 195 g/mol. The van der Waals surface area contributed by atoms with E-state index in [0.29, 0.717) is 5.56 Å². The number of rotatable bonds is 3. The topological polar surface area (TPSA) is 83.6 Å². The van der Waals surface area contributed by atoms with E-state index >= 15 is 0 Å². The molecule has 0 fully saturated rings. The maximum atomic E-state index is 10.8. The van der Waals surface area contributed by atoms with Crippen molar-refractivity contribution >= 4 is 5.97 Å². The monoisotopic (exact) mass is 195 g/mol. The molecular formula is C10H13NO3. The predicted molar refractivity (Wildman–Crippen MR) is 51.6 cm³/mol. The van der Waals surface area contributed by atoms with Gasteiger partial charge in [-0.15, -0.1) is 0 Å². The number of nitrogens with two attached hydrogens (primary N) is 1. The lowest BCUT2D eigenvalue weighted by Gasteiger charge is -2.25. The molecule has 0 radical (unpaired) electrons. The summed E-state index contributed by atoms with van der Waals surface area (Å²) in [6, 6.07) is 8.50. The van der Waals surface area contributed by atoms with Crippen molar-refractivity contribution in [1.29, 1.82) is 0 Å². The Balaban J connectivity index is 2.96. The molecule has 0 amide bonds. The summed E-state index contributed by atoms with van der Waals surface area (Å²) in [5.74, 6) is -1.23. The highest BCUT2D eigenvalue weighted by Crippen LogP contribution is 2.23. The van der Waals surface area contributed by atoms with Crippen molar-refractivity contribution < 1.29 is 15.0 Å².